The molecule has 3 heterocycles. The van der Waals surface area contributed by atoms with Crippen molar-refractivity contribution in [2.75, 3.05) is 0 Å². The molecule has 0 saturated heterocycles. The summed E-state index contributed by atoms with van der Waals surface area (Å²) in [6.45, 7) is 2.06. The van der Waals surface area contributed by atoms with Gasteiger partial charge in [-0.1, -0.05) is 17.7 Å². The van der Waals surface area contributed by atoms with Gasteiger partial charge in [0.15, 0.2) is 0 Å². The van der Waals surface area contributed by atoms with E-state index in [9.17, 15) is 5.26 Å². The largest absolute Gasteiger partial charge is 0.472 e. The Kier molecular flexibility index (Phi) is 4.19. The van der Waals surface area contributed by atoms with Crippen LogP contribution in [0.15, 0.2) is 63.6 Å². The van der Waals surface area contributed by atoms with Gasteiger partial charge < -0.3 is 14.9 Å². The van der Waals surface area contributed by atoms with Crippen molar-refractivity contribution in [3.63, 3.8) is 0 Å². The van der Waals surface area contributed by atoms with Crippen molar-refractivity contribution in [1.29, 1.82) is 5.26 Å². The SMILES string of the molecule is Cc1ccc(SCc2[nH]nc3c2C(c2ccoc2)C(C#N)=C(N)O3)cc1. The van der Waals surface area contributed by atoms with Gasteiger partial charge in [0.1, 0.15) is 11.6 Å². The lowest BCUT2D eigenvalue weighted by Gasteiger charge is -2.22. The van der Waals surface area contributed by atoms with Gasteiger partial charge in [0.05, 0.1) is 29.7 Å². The summed E-state index contributed by atoms with van der Waals surface area (Å²) in [4.78, 5) is 1.16. The molecular weight excluding hydrogens is 348 g/mol. The van der Waals surface area contributed by atoms with Gasteiger partial charge in [-0.25, -0.2) is 0 Å². The molecule has 26 heavy (non-hydrogen) atoms. The zero-order valence-electron chi connectivity index (χ0n) is 14.0. The van der Waals surface area contributed by atoms with Crippen LogP contribution in [0.2, 0.25) is 0 Å². The molecule has 1 unspecified atom stereocenters. The number of aromatic nitrogens is 2. The molecule has 1 aromatic carbocycles. The van der Waals surface area contributed by atoms with Crippen LogP contribution in [-0.4, -0.2) is 10.2 Å². The molecule has 0 radical (unpaired) electrons. The molecule has 0 amide bonds. The molecule has 4 rings (SSSR count). The van der Waals surface area contributed by atoms with E-state index in [-0.39, 0.29) is 11.8 Å². The standard InChI is InChI=1S/C19H16N4O2S/c1-11-2-4-13(5-3-11)26-10-15-17-16(12-6-7-24-9-12)14(8-20)18(21)25-19(17)23-22-15/h2-7,9,16H,10,21H2,1H3,(H,22,23). The molecule has 6 nitrogen and oxygen atoms in total. The Balaban J connectivity index is 1.69. The quantitative estimate of drug-likeness (QED) is 0.683. The summed E-state index contributed by atoms with van der Waals surface area (Å²) in [5.41, 5.74) is 10.1. The summed E-state index contributed by atoms with van der Waals surface area (Å²) in [7, 11) is 0. The lowest BCUT2D eigenvalue weighted by atomic mass is 9.85. The van der Waals surface area contributed by atoms with Gasteiger partial charge in [-0.3, -0.25) is 5.10 Å². The van der Waals surface area contributed by atoms with Crippen LogP contribution in [0.4, 0.5) is 0 Å². The van der Waals surface area contributed by atoms with Crippen molar-refractivity contribution in [3.05, 3.63) is 76.7 Å². The Morgan fingerprint density at radius 1 is 1.31 bits per heavy atom. The molecule has 1 atom stereocenters. The van der Waals surface area contributed by atoms with E-state index in [4.69, 9.17) is 14.9 Å². The van der Waals surface area contributed by atoms with Crippen LogP contribution in [0.1, 0.15) is 28.3 Å². The highest BCUT2D eigenvalue weighted by Crippen LogP contribution is 2.44. The number of aromatic amines is 1. The molecule has 7 heteroatoms. The van der Waals surface area contributed by atoms with E-state index in [0.717, 1.165) is 21.7 Å². The van der Waals surface area contributed by atoms with E-state index >= 15 is 0 Å². The second kappa shape index (κ2) is 6.65. The second-order valence-electron chi connectivity index (χ2n) is 6.00. The molecule has 2 aromatic heterocycles. The molecule has 3 N–H and O–H groups in total. The van der Waals surface area contributed by atoms with Crippen molar-refractivity contribution in [3.8, 4) is 11.9 Å². The van der Waals surface area contributed by atoms with Gasteiger partial charge in [-0.15, -0.1) is 16.9 Å². The number of allylic oxidation sites excluding steroid dienone is 1. The third kappa shape index (κ3) is 2.85. The Bertz CT molecular complexity index is 997. The zero-order chi connectivity index (χ0) is 18.1. The topological polar surface area (TPSA) is 101 Å². The Morgan fingerprint density at radius 2 is 2.12 bits per heavy atom. The van der Waals surface area contributed by atoms with Crippen LogP contribution in [0.5, 0.6) is 5.88 Å². The smallest absolute Gasteiger partial charge is 0.244 e. The number of H-pyrrole nitrogens is 1. The van der Waals surface area contributed by atoms with Crippen molar-refractivity contribution < 1.29 is 9.15 Å². The fourth-order valence-corrected chi connectivity index (χ4v) is 3.84. The number of nitriles is 1. The summed E-state index contributed by atoms with van der Waals surface area (Å²) in [6.07, 6.45) is 3.20. The second-order valence-corrected chi connectivity index (χ2v) is 7.05. The number of hydrogen-bond acceptors (Lipinski definition) is 6. The summed E-state index contributed by atoms with van der Waals surface area (Å²) >= 11 is 1.69. The molecule has 1 aliphatic rings. The number of thioether (sulfide) groups is 1. The summed E-state index contributed by atoms with van der Waals surface area (Å²) in [6, 6.07) is 12.3. The Hall–Kier alpha value is -3.11. The van der Waals surface area contributed by atoms with Crippen molar-refractivity contribution in [2.45, 2.75) is 23.5 Å². The van der Waals surface area contributed by atoms with Crippen LogP contribution in [0.25, 0.3) is 0 Å². The zero-order valence-corrected chi connectivity index (χ0v) is 14.8. The van der Waals surface area contributed by atoms with Crippen molar-refractivity contribution in [1.82, 2.24) is 10.2 Å². The lowest BCUT2D eigenvalue weighted by molar-refractivity contribution is 0.378. The first-order valence-corrected chi connectivity index (χ1v) is 9.02. The van der Waals surface area contributed by atoms with Crippen LogP contribution >= 0.6 is 11.8 Å². The van der Waals surface area contributed by atoms with Gasteiger partial charge in [-0.05, 0) is 25.1 Å². The van der Waals surface area contributed by atoms with E-state index in [1.54, 1.807) is 24.3 Å². The first-order chi connectivity index (χ1) is 12.7. The van der Waals surface area contributed by atoms with Gasteiger partial charge in [0, 0.05) is 16.2 Å². The third-order valence-corrected chi connectivity index (χ3v) is 5.34. The maximum Gasteiger partial charge on any atom is 0.244 e. The number of nitrogens with one attached hydrogen (secondary N) is 1. The highest BCUT2D eigenvalue weighted by molar-refractivity contribution is 7.98. The number of benzene rings is 1. The first kappa shape index (κ1) is 16.4. The maximum atomic E-state index is 9.58. The van der Waals surface area contributed by atoms with Crippen molar-refractivity contribution >= 4 is 11.8 Å². The summed E-state index contributed by atoms with van der Waals surface area (Å²) in [5, 5.41) is 16.9. The average Bonchev–Trinajstić information content (AvgIpc) is 3.30. The Labute approximate surface area is 154 Å². The highest BCUT2D eigenvalue weighted by atomic mass is 32.2. The van der Waals surface area contributed by atoms with Crippen LogP contribution in [0.3, 0.4) is 0 Å². The average molecular weight is 364 g/mol. The predicted molar refractivity (Wildman–Crippen MR) is 97.3 cm³/mol. The van der Waals surface area contributed by atoms with Crippen LogP contribution < -0.4 is 10.5 Å². The highest BCUT2D eigenvalue weighted by Gasteiger charge is 2.35. The number of nitrogens with zero attached hydrogens (tertiary/aromatic N) is 2. The minimum Gasteiger partial charge on any atom is -0.472 e. The number of fused-ring (bicyclic) bond motifs is 1. The molecule has 0 spiro atoms. The van der Waals surface area contributed by atoms with E-state index in [1.807, 2.05) is 6.07 Å². The third-order valence-electron chi connectivity index (χ3n) is 4.30. The number of furan rings is 1. The molecule has 0 aliphatic carbocycles. The molecule has 1 aliphatic heterocycles. The molecule has 0 fully saturated rings. The van der Waals surface area contributed by atoms with Crippen LogP contribution in [0, 0.1) is 18.3 Å². The Morgan fingerprint density at radius 3 is 2.81 bits per heavy atom. The van der Waals surface area contributed by atoms with E-state index in [1.165, 1.54) is 5.56 Å². The lowest BCUT2D eigenvalue weighted by Crippen LogP contribution is -2.21. The number of rotatable bonds is 4. The molecule has 130 valence electrons. The number of hydrogen-bond donors (Lipinski definition) is 2. The molecule has 3 aromatic rings. The number of ether oxygens (including phenoxy) is 1. The fourth-order valence-electron chi connectivity index (χ4n) is 2.98. The first-order valence-electron chi connectivity index (χ1n) is 8.03. The fraction of sp³-hybridized carbons (Fsp3) is 0.158. The van der Waals surface area contributed by atoms with E-state index < -0.39 is 0 Å². The summed E-state index contributed by atoms with van der Waals surface area (Å²) in [5.74, 6) is 0.805. The van der Waals surface area contributed by atoms with E-state index in [0.29, 0.717) is 17.2 Å². The molecular formula is C19H16N4O2S. The van der Waals surface area contributed by atoms with Gasteiger partial charge in [0.25, 0.3) is 0 Å². The molecule has 0 bridgehead atoms. The number of nitrogens with two attached hydrogens (primary N) is 1. The predicted octanol–water partition coefficient (Wildman–Crippen LogP) is 3.82. The van der Waals surface area contributed by atoms with E-state index in [2.05, 4.69) is 47.5 Å². The number of aryl methyl sites for hydroxylation is 1. The maximum absolute atomic E-state index is 9.58. The van der Waals surface area contributed by atoms with Gasteiger partial charge in [0.2, 0.25) is 11.8 Å². The monoisotopic (exact) mass is 364 g/mol. The normalized spacial score (nSPS) is 16.1. The van der Waals surface area contributed by atoms with Crippen molar-refractivity contribution in [2.24, 2.45) is 5.73 Å². The van der Waals surface area contributed by atoms with Crippen LogP contribution in [-0.2, 0) is 5.75 Å². The molecule has 0 saturated carbocycles. The summed E-state index contributed by atoms with van der Waals surface area (Å²) < 4.78 is 10.8. The van der Waals surface area contributed by atoms with Gasteiger partial charge >= 0.3 is 0 Å². The minimum absolute atomic E-state index is 0.0791. The van der Waals surface area contributed by atoms with Gasteiger partial charge in [-0.2, -0.15) is 5.26 Å². The minimum atomic E-state index is -0.352.